The lowest BCUT2D eigenvalue weighted by Gasteiger charge is -2.20. The normalized spacial score (nSPS) is 15.2. The van der Waals surface area contributed by atoms with Gasteiger partial charge in [-0.05, 0) is 26.7 Å². The monoisotopic (exact) mass is 218 g/mol. The molecule has 0 aliphatic rings. The van der Waals surface area contributed by atoms with E-state index in [0.29, 0.717) is 13.2 Å². The van der Waals surface area contributed by atoms with Crippen molar-refractivity contribution in [1.29, 1.82) is 0 Å². The zero-order valence-electron chi connectivity index (χ0n) is 10.6. The second-order valence-electron chi connectivity index (χ2n) is 3.76. The van der Waals surface area contributed by atoms with Crippen LogP contribution in [0.2, 0.25) is 0 Å². The van der Waals surface area contributed by atoms with Gasteiger partial charge >= 0.3 is 0 Å². The molecule has 2 unspecified atom stereocenters. The topological polar surface area (TPSA) is 27.7 Å². The summed E-state index contributed by atoms with van der Waals surface area (Å²) in [7, 11) is 0. The van der Waals surface area contributed by atoms with E-state index in [9.17, 15) is 0 Å². The smallest absolute Gasteiger partial charge is 0.0807 e. The first-order valence-corrected chi connectivity index (χ1v) is 6.03. The Balaban J connectivity index is 3.34. The van der Waals surface area contributed by atoms with Gasteiger partial charge in [-0.1, -0.05) is 13.8 Å². The Labute approximate surface area is 94.1 Å². The average Bonchev–Trinajstić information content (AvgIpc) is 2.25. The molecule has 0 aromatic heterocycles. The zero-order chi connectivity index (χ0) is 11.5. The molecular weight excluding hydrogens is 192 g/mol. The maximum absolute atomic E-state index is 5.60. The van der Waals surface area contributed by atoms with Gasteiger partial charge in [0.05, 0.1) is 25.4 Å². The van der Waals surface area contributed by atoms with Gasteiger partial charge < -0.3 is 14.2 Å². The van der Waals surface area contributed by atoms with Crippen molar-refractivity contribution in [2.75, 3.05) is 26.4 Å². The van der Waals surface area contributed by atoms with Crippen LogP contribution in [0.25, 0.3) is 0 Å². The van der Waals surface area contributed by atoms with Crippen LogP contribution in [0.5, 0.6) is 0 Å². The minimum Gasteiger partial charge on any atom is -0.379 e. The van der Waals surface area contributed by atoms with E-state index in [1.54, 1.807) is 0 Å². The van der Waals surface area contributed by atoms with Gasteiger partial charge in [0.25, 0.3) is 0 Å². The van der Waals surface area contributed by atoms with E-state index in [1.807, 2.05) is 13.8 Å². The Hall–Kier alpha value is -0.120. The first-order valence-electron chi connectivity index (χ1n) is 6.03. The highest BCUT2D eigenvalue weighted by Crippen LogP contribution is 2.03. The minimum absolute atomic E-state index is 0.141. The van der Waals surface area contributed by atoms with Crippen molar-refractivity contribution in [2.24, 2.45) is 0 Å². The molecule has 0 aromatic rings. The van der Waals surface area contributed by atoms with Crippen molar-refractivity contribution in [3.63, 3.8) is 0 Å². The van der Waals surface area contributed by atoms with Gasteiger partial charge in [0.1, 0.15) is 0 Å². The minimum atomic E-state index is 0.141. The fourth-order valence-electron chi connectivity index (χ4n) is 1.11. The molecule has 0 fully saturated rings. The predicted octanol–water partition coefficient (Wildman–Crippen LogP) is 2.63. The summed E-state index contributed by atoms with van der Waals surface area (Å²) in [5, 5.41) is 0. The van der Waals surface area contributed by atoms with Crippen molar-refractivity contribution < 1.29 is 14.2 Å². The van der Waals surface area contributed by atoms with Crippen molar-refractivity contribution in [1.82, 2.24) is 0 Å². The largest absolute Gasteiger partial charge is 0.379 e. The van der Waals surface area contributed by atoms with E-state index in [1.165, 1.54) is 0 Å². The number of ether oxygens (including phenoxy) is 3. The first-order chi connectivity index (χ1) is 7.22. The third kappa shape index (κ3) is 8.85. The van der Waals surface area contributed by atoms with E-state index in [4.69, 9.17) is 14.2 Å². The highest BCUT2D eigenvalue weighted by atomic mass is 16.6. The summed E-state index contributed by atoms with van der Waals surface area (Å²) in [5.41, 5.74) is 0. The molecule has 0 saturated carbocycles. The van der Waals surface area contributed by atoms with Crippen molar-refractivity contribution >= 4 is 0 Å². The molecule has 0 N–H and O–H groups in total. The van der Waals surface area contributed by atoms with Gasteiger partial charge in [-0.25, -0.2) is 0 Å². The molecule has 0 bridgehead atoms. The molecule has 0 saturated heterocycles. The van der Waals surface area contributed by atoms with Crippen LogP contribution in [0.15, 0.2) is 0 Å². The molecule has 0 aliphatic carbocycles. The van der Waals surface area contributed by atoms with Gasteiger partial charge in [-0.15, -0.1) is 0 Å². The van der Waals surface area contributed by atoms with E-state index >= 15 is 0 Å². The summed E-state index contributed by atoms with van der Waals surface area (Å²) in [6.07, 6.45) is 2.42. The van der Waals surface area contributed by atoms with Crippen LogP contribution in [-0.2, 0) is 14.2 Å². The third-order valence-corrected chi connectivity index (χ3v) is 2.20. The van der Waals surface area contributed by atoms with Crippen LogP contribution < -0.4 is 0 Å². The van der Waals surface area contributed by atoms with Crippen LogP contribution in [-0.4, -0.2) is 38.6 Å². The molecule has 0 radical (unpaired) electrons. The Kier molecular flexibility index (Phi) is 10.3. The second kappa shape index (κ2) is 10.4. The van der Waals surface area contributed by atoms with Crippen LogP contribution in [0.1, 0.15) is 40.5 Å². The summed E-state index contributed by atoms with van der Waals surface area (Å²) in [6, 6.07) is 0. The van der Waals surface area contributed by atoms with Crippen molar-refractivity contribution in [3.8, 4) is 0 Å². The molecule has 0 heterocycles. The lowest BCUT2D eigenvalue weighted by atomic mass is 10.2. The molecule has 0 rings (SSSR count). The van der Waals surface area contributed by atoms with Crippen LogP contribution in [0.4, 0.5) is 0 Å². The first kappa shape index (κ1) is 14.9. The van der Waals surface area contributed by atoms with E-state index in [-0.39, 0.29) is 12.2 Å². The van der Waals surface area contributed by atoms with Gasteiger partial charge in [-0.3, -0.25) is 0 Å². The summed E-state index contributed by atoms with van der Waals surface area (Å²) in [5.74, 6) is 0. The molecule has 0 spiro atoms. The van der Waals surface area contributed by atoms with Gasteiger partial charge in [0, 0.05) is 13.2 Å². The van der Waals surface area contributed by atoms with Crippen molar-refractivity contribution in [2.45, 2.75) is 52.7 Å². The fraction of sp³-hybridized carbons (Fsp3) is 1.00. The Morgan fingerprint density at radius 3 is 1.80 bits per heavy atom. The molecule has 2 atom stereocenters. The molecule has 3 nitrogen and oxygen atoms in total. The summed E-state index contributed by atoms with van der Waals surface area (Å²) >= 11 is 0. The molecular formula is C12H26O3. The number of hydrogen-bond acceptors (Lipinski definition) is 3. The molecule has 92 valence electrons. The highest BCUT2D eigenvalue weighted by molar-refractivity contribution is 4.59. The Bertz CT molecular complexity index is 128. The van der Waals surface area contributed by atoms with E-state index < -0.39 is 0 Å². The molecule has 0 aromatic carbocycles. The van der Waals surface area contributed by atoms with E-state index in [0.717, 1.165) is 26.1 Å². The maximum Gasteiger partial charge on any atom is 0.0807 e. The van der Waals surface area contributed by atoms with Crippen molar-refractivity contribution in [3.05, 3.63) is 0 Å². The summed E-state index contributed by atoms with van der Waals surface area (Å²) in [4.78, 5) is 0. The van der Waals surface area contributed by atoms with E-state index in [2.05, 4.69) is 13.8 Å². The molecule has 3 heteroatoms. The van der Waals surface area contributed by atoms with Gasteiger partial charge in [-0.2, -0.15) is 0 Å². The van der Waals surface area contributed by atoms with Crippen LogP contribution >= 0.6 is 0 Å². The average molecular weight is 218 g/mol. The quantitative estimate of drug-likeness (QED) is 0.528. The second-order valence-corrected chi connectivity index (χ2v) is 3.76. The predicted molar refractivity (Wildman–Crippen MR) is 62.2 cm³/mol. The maximum atomic E-state index is 5.60. The summed E-state index contributed by atoms with van der Waals surface area (Å²) < 4.78 is 16.5. The Morgan fingerprint density at radius 2 is 1.27 bits per heavy atom. The lowest BCUT2D eigenvalue weighted by molar-refractivity contribution is -0.0690. The molecule has 15 heavy (non-hydrogen) atoms. The zero-order valence-corrected chi connectivity index (χ0v) is 10.6. The molecule has 0 amide bonds. The lowest BCUT2D eigenvalue weighted by Crippen LogP contribution is -2.27. The number of rotatable bonds is 10. The standard InChI is InChI=1S/C12H26O3/c1-5-7-13-9-10-15-12(4)11(3)14-8-6-2/h11-12H,5-10H2,1-4H3. The van der Waals surface area contributed by atoms with Crippen LogP contribution in [0, 0.1) is 0 Å². The third-order valence-electron chi connectivity index (χ3n) is 2.20. The number of hydrogen-bond donors (Lipinski definition) is 0. The molecule has 0 aliphatic heterocycles. The SMILES string of the molecule is CCCOCCOC(C)C(C)OCCC. The Morgan fingerprint density at radius 1 is 0.733 bits per heavy atom. The van der Waals surface area contributed by atoms with Gasteiger partial charge in [0.15, 0.2) is 0 Å². The highest BCUT2D eigenvalue weighted by Gasteiger charge is 2.12. The summed E-state index contributed by atoms with van der Waals surface area (Å²) in [6.45, 7) is 11.3. The van der Waals surface area contributed by atoms with Gasteiger partial charge in [0.2, 0.25) is 0 Å². The fourth-order valence-corrected chi connectivity index (χ4v) is 1.11. The van der Waals surface area contributed by atoms with Crippen LogP contribution in [0.3, 0.4) is 0 Å².